The molecule has 20 heavy (non-hydrogen) atoms. The fourth-order valence-corrected chi connectivity index (χ4v) is 2.60. The summed E-state index contributed by atoms with van der Waals surface area (Å²) in [6.45, 7) is 1.17. The van der Waals surface area contributed by atoms with Gasteiger partial charge in [0.05, 0.1) is 0 Å². The average Bonchev–Trinajstić information content (AvgIpc) is 2.48. The molecule has 0 aliphatic heterocycles. The van der Waals surface area contributed by atoms with Gasteiger partial charge in [0, 0.05) is 11.5 Å². The van der Waals surface area contributed by atoms with Gasteiger partial charge in [0.15, 0.2) is 5.78 Å². The Kier molecular flexibility index (Phi) is 5.27. The summed E-state index contributed by atoms with van der Waals surface area (Å²) in [5.74, 6) is 0.119. The number of benzene rings is 1. The van der Waals surface area contributed by atoms with E-state index in [1.165, 1.54) is 0 Å². The Morgan fingerprint density at radius 2 is 1.90 bits per heavy atom. The molecule has 0 bridgehead atoms. The largest absolute Gasteiger partial charge is 0.330 e. The van der Waals surface area contributed by atoms with Crippen LogP contribution in [0.2, 0.25) is 0 Å². The second kappa shape index (κ2) is 7.17. The number of carbonyl (C=O) groups is 1. The van der Waals surface area contributed by atoms with Crippen LogP contribution in [0.5, 0.6) is 0 Å². The first-order chi connectivity index (χ1) is 9.76. The number of allylic oxidation sites excluding steroid dienone is 3. The van der Waals surface area contributed by atoms with Crippen LogP contribution in [0.1, 0.15) is 28.8 Å². The van der Waals surface area contributed by atoms with Gasteiger partial charge in [0.2, 0.25) is 0 Å². The van der Waals surface area contributed by atoms with E-state index in [0.29, 0.717) is 13.1 Å². The molecule has 0 saturated carbocycles. The van der Waals surface area contributed by atoms with Crippen molar-refractivity contribution < 1.29 is 4.79 Å². The van der Waals surface area contributed by atoms with Gasteiger partial charge in [-0.05, 0) is 37.9 Å². The predicted octanol–water partition coefficient (Wildman–Crippen LogP) is 2.22. The lowest BCUT2D eigenvalue weighted by molar-refractivity contribution is 0.0944. The van der Waals surface area contributed by atoms with Crippen molar-refractivity contribution in [3.05, 3.63) is 59.2 Å². The molecule has 1 aliphatic carbocycles. The van der Waals surface area contributed by atoms with Gasteiger partial charge in [-0.1, -0.05) is 48.1 Å². The molecule has 0 fully saturated rings. The molecule has 0 heterocycles. The van der Waals surface area contributed by atoms with E-state index in [9.17, 15) is 4.79 Å². The molecule has 4 N–H and O–H groups in total. The predicted molar refractivity (Wildman–Crippen MR) is 82.5 cm³/mol. The number of rotatable bonds is 6. The number of carbonyl (C=O) groups excluding carboxylic acids is 1. The lowest BCUT2D eigenvalue weighted by Gasteiger charge is -2.17. The SMILES string of the molecule is NCCC1=CC(C(=O)c2ccccc2CCN)CC=C1. The third-order valence-corrected chi connectivity index (χ3v) is 3.60. The van der Waals surface area contributed by atoms with Gasteiger partial charge in [0.25, 0.3) is 0 Å². The first-order valence-corrected chi connectivity index (χ1v) is 7.15. The molecule has 0 saturated heterocycles. The minimum atomic E-state index is -0.0690. The van der Waals surface area contributed by atoms with Crippen molar-refractivity contribution in [2.45, 2.75) is 19.3 Å². The normalized spacial score (nSPS) is 17.9. The lowest BCUT2D eigenvalue weighted by Crippen LogP contribution is -2.17. The van der Waals surface area contributed by atoms with Crippen molar-refractivity contribution in [1.29, 1.82) is 0 Å². The fourth-order valence-electron chi connectivity index (χ4n) is 2.60. The molecule has 1 unspecified atom stereocenters. The number of Topliss-reactive ketones (excluding diaryl/α,β-unsaturated/α-hetero) is 1. The van der Waals surface area contributed by atoms with Gasteiger partial charge >= 0.3 is 0 Å². The molecule has 0 radical (unpaired) electrons. The van der Waals surface area contributed by atoms with E-state index in [0.717, 1.165) is 36.0 Å². The zero-order valence-electron chi connectivity index (χ0n) is 11.7. The smallest absolute Gasteiger partial charge is 0.170 e. The monoisotopic (exact) mass is 270 g/mol. The molecule has 3 heteroatoms. The second-order valence-corrected chi connectivity index (χ2v) is 5.08. The van der Waals surface area contributed by atoms with Crippen molar-refractivity contribution in [3.63, 3.8) is 0 Å². The molecule has 3 nitrogen and oxygen atoms in total. The summed E-state index contributed by atoms with van der Waals surface area (Å²) < 4.78 is 0. The van der Waals surface area contributed by atoms with E-state index in [1.54, 1.807) is 0 Å². The number of hydrogen-bond acceptors (Lipinski definition) is 3. The summed E-state index contributed by atoms with van der Waals surface area (Å²) in [5.41, 5.74) is 14.2. The Balaban J connectivity index is 2.21. The zero-order valence-corrected chi connectivity index (χ0v) is 11.7. The summed E-state index contributed by atoms with van der Waals surface area (Å²) in [6.07, 6.45) is 8.54. The third kappa shape index (κ3) is 3.44. The summed E-state index contributed by atoms with van der Waals surface area (Å²) in [6, 6.07) is 7.76. The number of ketones is 1. The summed E-state index contributed by atoms with van der Waals surface area (Å²) in [5, 5.41) is 0. The van der Waals surface area contributed by atoms with Crippen molar-refractivity contribution in [2.75, 3.05) is 13.1 Å². The number of hydrogen-bond donors (Lipinski definition) is 2. The Bertz CT molecular complexity index is 532. The van der Waals surface area contributed by atoms with E-state index in [4.69, 9.17) is 11.5 Å². The van der Waals surface area contributed by atoms with E-state index in [1.807, 2.05) is 24.3 Å². The highest BCUT2D eigenvalue weighted by molar-refractivity contribution is 6.00. The maximum absolute atomic E-state index is 12.7. The Morgan fingerprint density at radius 1 is 1.15 bits per heavy atom. The zero-order chi connectivity index (χ0) is 14.4. The van der Waals surface area contributed by atoms with Crippen LogP contribution < -0.4 is 11.5 Å². The second-order valence-electron chi connectivity index (χ2n) is 5.08. The maximum atomic E-state index is 12.7. The minimum absolute atomic E-state index is 0.0690. The average molecular weight is 270 g/mol. The van der Waals surface area contributed by atoms with Crippen molar-refractivity contribution in [2.24, 2.45) is 17.4 Å². The van der Waals surface area contributed by atoms with Crippen LogP contribution in [-0.2, 0) is 6.42 Å². The molecular formula is C17H22N2O. The van der Waals surface area contributed by atoms with Crippen LogP contribution in [0.15, 0.2) is 48.1 Å². The van der Waals surface area contributed by atoms with E-state index in [-0.39, 0.29) is 11.7 Å². The molecule has 0 spiro atoms. The van der Waals surface area contributed by atoms with Crippen LogP contribution in [-0.4, -0.2) is 18.9 Å². The fraction of sp³-hybridized carbons (Fsp3) is 0.353. The minimum Gasteiger partial charge on any atom is -0.330 e. The molecular weight excluding hydrogens is 248 g/mol. The van der Waals surface area contributed by atoms with E-state index < -0.39 is 0 Å². The Hall–Kier alpha value is -1.71. The molecule has 0 amide bonds. The lowest BCUT2D eigenvalue weighted by atomic mass is 9.86. The van der Waals surface area contributed by atoms with Gasteiger partial charge < -0.3 is 11.5 Å². The van der Waals surface area contributed by atoms with E-state index >= 15 is 0 Å². The summed E-state index contributed by atoms with van der Waals surface area (Å²) in [4.78, 5) is 12.7. The Labute approximate surface area is 120 Å². The highest BCUT2D eigenvalue weighted by atomic mass is 16.1. The molecule has 2 rings (SSSR count). The Morgan fingerprint density at radius 3 is 2.65 bits per heavy atom. The van der Waals surface area contributed by atoms with Crippen LogP contribution >= 0.6 is 0 Å². The third-order valence-electron chi connectivity index (χ3n) is 3.60. The quantitative estimate of drug-likeness (QED) is 0.779. The van der Waals surface area contributed by atoms with Gasteiger partial charge in [-0.25, -0.2) is 0 Å². The molecule has 1 aliphatic rings. The van der Waals surface area contributed by atoms with Crippen LogP contribution in [0.4, 0.5) is 0 Å². The van der Waals surface area contributed by atoms with E-state index in [2.05, 4.69) is 18.2 Å². The van der Waals surface area contributed by atoms with Crippen molar-refractivity contribution in [3.8, 4) is 0 Å². The first kappa shape index (κ1) is 14.7. The maximum Gasteiger partial charge on any atom is 0.170 e. The molecule has 0 aromatic heterocycles. The summed E-state index contributed by atoms with van der Waals surface area (Å²) in [7, 11) is 0. The highest BCUT2D eigenvalue weighted by Gasteiger charge is 2.21. The van der Waals surface area contributed by atoms with Crippen molar-refractivity contribution in [1.82, 2.24) is 0 Å². The number of nitrogens with two attached hydrogens (primary N) is 2. The first-order valence-electron chi connectivity index (χ1n) is 7.15. The van der Waals surface area contributed by atoms with Crippen LogP contribution in [0, 0.1) is 5.92 Å². The van der Waals surface area contributed by atoms with Gasteiger partial charge in [-0.15, -0.1) is 0 Å². The van der Waals surface area contributed by atoms with Crippen LogP contribution in [0.3, 0.4) is 0 Å². The summed E-state index contributed by atoms with van der Waals surface area (Å²) >= 11 is 0. The molecule has 1 atom stereocenters. The van der Waals surface area contributed by atoms with Gasteiger partial charge in [0.1, 0.15) is 0 Å². The molecule has 1 aromatic rings. The van der Waals surface area contributed by atoms with Crippen LogP contribution in [0.25, 0.3) is 0 Å². The molecule has 1 aromatic carbocycles. The molecule has 106 valence electrons. The van der Waals surface area contributed by atoms with Gasteiger partial charge in [-0.2, -0.15) is 0 Å². The topological polar surface area (TPSA) is 69.1 Å². The standard InChI is InChI=1S/C17H22N2O/c18-10-8-13-4-3-6-15(12-13)17(20)16-7-2-1-5-14(16)9-11-19/h1-5,7,12,15H,6,8-11,18-19H2. The van der Waals surface area contributed by atoms with Crippen molar-refractivity contribution >= 4 is 5.78 Å². The van der Waals surface area contributed by atoms with Gasteiger partial charge in [-0.3, -0.25) is 4.79 Å². The highest BCUT2D eigenvalue weighted by Crippen LogP contribution is 2.24.